The molecule has 4 heterocycles. The minimum absolute atomic E-state index is 0.0136. The van der Waals surface area contributed by atoms with E-state index in [0.717, 1.165) is 18.3 Å². The van der Waals surface area contributed by atoms with E-state index in [-0.39, 0.29) is 29.6 Å². The van der Waals surface area contributed by atoms with Crippen LogP contribution in [0.5, 0.6) is 0 Å². The standard InChI is InChI=1S/C25H21F4N9O/c26-21-14-33-24(36-23(21)38-5-7-39-8-6-38)37-34-13-18-1-2-19(12-32-18)35-20-10-16(22-15-30-3-4-31-22)9-17(11-20)25(27,28)29/h1-4,9-12,14-15,35H,5-8,13H2. The molecule has 3 aromatic heterocycles. The first kappa shape index (κ1) is 26.0. The summed E-state index contributed by atoms with van der Waals surface area (Å²) in [6, 6.07) is 6.90. The van der Waals surface area contributed by atoms with Crippen LogP contribution in [-0.2, 0) is 17.5 Å². The predicted octanol–water partition coefficient (Wildman–Crippen LogP) is 5.35. The molecule has 1 saturated heterocycles. The SMILES string of the molecule is Fc1cnc(N=NCc2ccc(Nc3cc(-c4cnccn4)cc(C(F)(F)F)c3)cn2)nc1N1CCOCC1. The molecule has 1 aromatic carbocycles. The van der Waals surface area contributed by atoms with E-state index in [1.54, 1.807) is 23.1 Å². The molecule has 0 saturated carbocycles. The molecule has 1 N–H and O–H groups in total. The van der Waals surface area contributed by atoms with Gasteiger partial charge in [-0.1, -0.05) is 0 Å². The van der Waals surface area contributed by atoms with Crippen molar-refractivity contribution in [3.05, 3.63) is 78.4 Å². The van der Waals surface area contributed by atoms with Gasteiger partial charge in [-0.2, -0.15) is 23.3 Å². The van der Waals surface area contributed by atoms with Crippen LogP contribution in [0.3, 0.4) is 0 Å². The molecule has 1 fully saturated rings. The van der Waals surface area contributed by atoms with Crippen LogP contribution in [0.2, 0.25) is 0 Å². The fraction of sp³-hybridized carbons (Fsp3) is 0.240. The molecule has 14 heteroatoms. The number of rotatable bonds is 7. The number of morpholine rings is 1. The molecule has 0 spiro atoms. The quantitative estimate of drug-likeness (QED) is 0.247. The Hall–Kier alpha value is -4.59. The first-order chi connectivity index (χ1) is 18.8. The number of hydrogen-bond acceptors (Lipinski definition) is 10. The number of nitrogens with zero attached hydrogens (tertiary/aromatic N) is 8. The maximum absolute atomic E-state index is 14.2. The van der Waals surface area contributed by atoms with Gasteiger partial charge in [0.05, 0.1) is 54.4 Å². The molecule has 1 aliphatic heterocycles. The fourth-order valence-electron chi connectivity index (χ4n) is 3.78. The molecule has 0 amide bonds. The van der Waals surface area contributed by atoms with E-state index < -0.39 is 17.6 Å². The Morgan fingerprint density at radius 2 is 1.79 bits per heavy atom. The maximum Gasteiger partial charge on any atom is 0.416 e. The summed E-state index contributed by atoms with van der Waals surface area (Å²) in [6.07, 6.45) is 2.22. The largest absolute Gasteiger partial charge is 0.416 e. The van der Waals surface area contributed by atoms with Crippen LogP contribution >= 0.6 is 0 Å². The van der Waals surface area contributed by atoms with E-state index in [2.05, 4.69) is 40.5 Å². The molecular formula is C25H21F4N9O. The summed E-state index contributed by atoms with van der Waals surface area (Å²) in [7, 11) is 0. The summed E-state index contributed by atoms with van der Waals surface area (Å²) < 4.78 is 60.0. The minimum atomic E-state index is -4.54. The summed E-state index contributed by atoms with van der Waals surface area (Å²) in [5.74, 6) is -0.391. The van der Waals surface area contributed by atoms with E-state index in [4.69, 9.17) is 4.74 Å². The fourth-order valence-corrected chi connectivity index (χ4v) is 3.78. The third-order valence-corrected chi connectivity index (χ3v) is 5.65. The zero-order chi connectivity index (χ0) is 27.2. The van der Waals surface area contributed by atoms with Gasteiger partial charge in [-0.25, -0.2) is 9.37 Å². The molecule has 4 aromatic rings. The molecule has 10 nitrogen and oxygen atoms in total. The number of anilines is 3. The van der Waals surface area contributed by atoms with E-state index in [9.17, 15) is 17.6 Å². The summed E-state index contributed by atoms with van der Waals surface area (Å²) >= 11 is 0. The van der Waals surface area contributed by atoms with Crippen LogP contribution in [-0.4, -0.2) is 51.2 Å². The number of alkyl halides is 3. The van der Waals surface area contributed by atoms with Crippen molar-refractivity contribution in [3.63, 3.8) is 0 Å². The highest BCUT2D eigenvalue weighted by atomic mass is 19.4. The lowest BCUT2D eigenvalue weighted by Gasteiger charge is -2.27. The van der Waals surface area contributed by atoms with Crippen LogP contribution in [0.25, 0.3) is 11.3 Å². The van der Waals surface area contributed by atoms with E-state index in [1.807, 2.05) is 0 Å². The Bertz CT molecular complexity index is 1440. The van der Waals surface area contributed by atoms with Crippen LogP contribution in [0.4, 0.5) is 40.7 Å². The summed E-state index contributed by atoms with van der Waals surface area (Å²) in [5, 5.41) is 10.9. The number of benzene rings is 1. The average molecular weight is 539 g/mol. The number of nitrogens with one attached hydrogen (secondary N) is 1. The monoisotopic (exact) mass is 539 g/mol. The van der Waals surface area contributed by atoms with Crippen LogP contribution < -0.4 is 10.2 Å². The first-order valence-electron chi connectivity index (χ1n) is 11.8. The van der Waals surface area contributed by atoms with Gasteiger partial charge in [-0.3, -0.25) is 15.0 Å². The smallest absolute Gasteiger partial charge is 0.378 e. The molecule has 0 bridgehead atoms. The Balaban J connectivity index is 1.26. The van der Waals surface area contributed by atoms with Gasteiger partial charge in [-0.15, -0.1) is 5.11 Å². The Kier molecular flexibility index (Phi) is 7.63. The van der Waals surface area contributed by atoms with Crippen molar-refractivity contribution < 1.29 is 22.3 Å². The van der Waals surface area contributed by atoms with Gasteiger partial charge in [0.1, 0.15) is 6.54 Å². The van der Waals surface area contributed by atoms with Crippen LogP contribution in [0, 0.1) is 5.82 Å². The molecule has 1 aliphatic rings. The molecule has 5 rings (SSSR count). The molecule has 200 valence electrons. The van der Waals surface area contributed by atoms with Crippen molar-refractivity contribution in [2.45, 2.75) is 12.7 Å². The van der Waals surface area contributed by atoms with Crippen molar-refractivity contribution >= 4 is 23.1 Å². The Labute approximate surface area is 219 Å². The van der Waals surface area contributed by atoms with E-state index >= 15 is 0 Å². The number of hydrogen-bond donors (Lipinski definition) is 1. The van der Waals surface area contributed by atoms with E-state index in [0.29, 0.717) is 43.4 Å². The van der Waals surface area contributed by atoms with Gasteiger partial charge >= 0.3 is 6.18 Å². The molecule has 0 atom stereocenters. The lowest BCUT2D eigenvalue weighted by molar-refractivity contribution is -0.137. The molecule has 0 unspecified atom stereocenters. The van der Waals surface area contributed by atoms with Gasteiger partial charge in [0.15, 0.2) is 11.6 Å². The third kappa shape index (κ3) is 6.65. The average Bonchev–Trinajstić information content (AvgIpc) is 2.95. The summed E-state index contributed by atoms with van der Waals surface area (Å²) in [6.45, 7) is 2.07. The number of aromatic nitrogens is 5. The molecular weight excluding hydrogens is 518 g/mol. The number of azo groups is 1. The highest BCUT2D eigenvalue weighted by molar-refractivity contribution is 5.70. The maximum atomic E-state index is 14.2. The topological polar surface area (TPSA) is 114 Å². The van der Waals surface area contributed by atoms with Crippen LogP contribution in [0.1, 0.15) is 11.3 Å². The second kappa shape index (κ2) is 11.4. The lowest BCUT2D eigenvalue weighted by Crippen LogP contribution is -2.37. The second-order valence-electron chi connectivity index (χ2n) is 8.39. The normalized spacial score (nSPS) is 14.1. The van der Waals surface area contributed by atoms with Gasteiger partial charge in [0.2, 0.25) is 0 Å². The highest BCUT2D eigenvalue weighted by Crippen LogP contribution is 2.35. The van der Waals surface area contributed by atoms with Gasteiger partial charge in [-0.05, 0) is 30.3 Å². The van der Waals surface area contributed by atoms with Crippen molar-refractivity contribution in [1.29, 1.82) is 0 Å². The van der Waals surface area contributed by atoms with E-state index in [1.165, 1.54) is 24.8 Å². The number of halogens is 4. The third-order valence-electron chi connectivity index (χ3n) is 5.65. The number of ether oxygens (including phenoxy) is 1. The first-order valence-corrected chi connectivity index (χ1v) is 11.8. The Morgan fingerprint density at radius 1 is 0.949 bits per heavy atom. The number of pyridine rings is 1. The molecule has 39 heavy (non-hydrogen) atoms. The lowest BCUT2D eigenvalue weighted by atomic mass is 10.1. The summed E-state index contributed by atoms with van der Waals surface area (Å²) in [4.78, 5) is 22.1. The zero-order valence-electron chi connectivity index (χ0n) is 20.3. The zero-order valence-corrected chi connectivity index (χ0v) is 20.3. The summed E-state index contributed by atoms with van der Waals surface area (Å²) in [5.41, 5.74) is 0.987. The molecule has 0 radical (unpaired) electrons. The van der Waals surface area contributed by atoms with Crippen molar-refractivity contribution in [3.8, 4) is 11.3 Å². The Morgan fingerprint density at radius 3 is 2.51 bits per heavy atom. The van der Waals surface area contributed by atoms with Crippen molar-refractivity contribution in [2.75, 3.05) is 36.5 Å². The minimum Gasteiger partial charge on any atom is -0.378 e. The predicted molar refractivity (Wildman–Crippen MR) is 133 cm³/mol. The highest BCUT2D eigenvalue weighted by Gasteiger charge is 2.31. The van der Waals surface area contributed by atoms with Crippen molar-refractivity contribution in [2.24, 2.45) is 10.2 Å². The second-order valence-corrected chi connectivity index (χ2v) is 8.39. The molecule has 0 aliphatic carbocycles. The van der Waals surface area contributed by atoms with Crippen molar-refractivity contribution in [1.82, 2.24) is 24.9 Å². The van der Waals surface area contributed by atoms with Gasteiger partial charge in [0, 0.05) is 36.7 Å². The van der Waals surface area contributed by atoms with Gasteiger partial charge < -0.3 is 15.0 Å². The van der Waals surface area contributed by atoms with Gasteiger partial charge in [0.25, 0.3) is 5.95 Å². The van der Waals surface area contributed by atoms with Crippen LogP contribution in [0.15, 0.2) is 71.5 Å².